The van der Waals surface area contributed by atoms with Gasteiger partial charge in [-0.05, 0) is 39.2 Å². The zero-order valence-electron chi connectivity index (χ0n) is 15.8. The van der Waals surface area contributed by atoms with E-state index in [1.54, 1.807) is 17.9 Å². The lowest BCUT2D eigenvalue weighted by Crippen LogP contribution is -2.26. The lowest BCUT2D eigenvalue weighted by molar-refractivity contribution is 0.0940. The fraction of sp³-hybridized carbons (Fsp3) is 0.238. The average molecular weight is 430 g/mol. The van der Waals surface area contributed by atoms with Gasteiger partial charge in [-0.1, -0.05) is 56.3 Å². The Morgan fingerprint density at radius 2 is 1.74 bits per heavy atom. The molecule has 1 aromatic heterocycles. The summed E-state index contributed by atoms with van der Waals surface area (Å²) in [4.78, 5) is 12.5. The van der Waals surface area contributed by atoms with Crippen LogP contribution in [-0.4, -0.2) is 22.8 Å². The van der Waals surface area contributed by atoms with Gasteiger partial charge in [0.05, 0.1) is 13.7 Å². The molecule has 0 spiro atoms. The van der Waals surface area contributed by atoms with Crippen LogP contribution in [0.25, 0.3) is 0 Å². The number of nitrogens with zero attached hydrogens (tertiary/aromatic N) is 2. The first-order valence-electron chi connectivity index (χ1n) is 8.84. The van der Waals surface area contributed by atoms with Crippen LogP contribution in [0.3, 0.4) is 0 Å². The number of aromatic nitrogens is 2. The van der Waals surface area contributed by atoms with Crippen molar-refractivity contribution in [3.05, 3.63) is 82.1 Å². The Balaban J connectivity index is 0.00000126. The van der Waals surface area contributed by atoms with Crippen LogP contribution in [0.5, 0.6) is 5.75 Å². The van der Waals surface area contributed by atoms with Gasteiger partial charge in [0.2, 0.25) is 0 Å². The molecule has 0 aliphatic heterocycles. The summed E-state index contributed by atoms with van der Waals surface area (Å²) in [5.41, 5.74) is 2.60. The van der Waals surface area contributed by atoms with Crippen molar-refractivity contribution in [3.63, 3.8) is 0 Å². The van der Waals surface area contributed by atoms with E-state index in [4.69, 9.17) is 4.74 Å². The molecule has 0 unspecified atom stereocenters. The Hall–Kier alpha value is -2.60. The fourth-order valence-electron chi connectivity index (χ4n) is 2.46. The summed E-state index contributed by atoms with van der Waals surface area (Å²) >= 11 is 3.35. The number of methoxy groups -OCH3 is 1. The van der Waals surface area contributed by atoms with E-state index in [0.717, 1.165) is 16.9 Å². The van der Waals surface area contributed by atoms with Crippen LogP contribution in [0, 0.1) is 0 Å². The molecule has 1 N–H and O–H groups in total. The number of ether oxygens (including phenoxy) is 1. The third-order valence-electron chi connectivity index (χ3n) is 3.77. The summed E-state index contributed by atoms with van der Waals surface area (Å²) in [6.45, 7) is 4.98. The number of halogens is 1. The zero-order chi connectivity index (χ0) is 19.6. The highest BCUT2D eigenvalue weighted by Crippen LogP contribution is 2.16. The number of carbonyl (C=O) groups is 1. The monoisotopic (exact) mass is 429 g/mol. The topological polar surface area (TPSA) is 56.2 Å². The summed E-state index contributed by atoms with van der Waals surface area (Å²) in [5, 5.41) is 7.30. The number of rotatable bonds is 6. The van der Waals surface area contributed by atoms with Gasteiger partial charge in [0.15, 0.2) is 0 Å². The molecule has 3 aromatic rings. The van der Waals surface area contributed by atoms with Gasteiger partial charge in [-0.3, -0.25) is 9.48 Å². The SMILES string of the molecule is CC.COc1ccc(Cn2nc(Br)cc2C(=O)NCc2ccccc2)cc1. The molecule has 2 aromatic carbocycles. The van der Waals surface area contributed by atoms with Gasteiger partial charge in [-0.15, -0.1) is 0 Å². The van der Waals surface area contributed by atoms with E-state index in [1.165, 1.54) is 0 Å². The van der Waals surface area contributed by atoms with Crippen LogP contribution >= 0.6 is 15.9 Å². The van der Waals surface area contributed by atoms with Gasteiger partial charge in [-0.25, -0.2) is 0 Å². The molecule has 6 heteroatoms. The van der Waals surface area contributed by atoms with E-state index >= 15 is 0 Å². The first-order chi connectivity index (χ1) is 13.2. The molecule has 1 amide bonds. The van der Waals surface area contributed by atoms with E-state index in [2.05, 4.69) is 26.3 Å². The Kier molecular flexibility index (Phi) is 8.07. The van der Waals surface area contributed by atoms with Crippen molar-refractivity contribution in [1.29, 1.82) is 0 Å². The van der Waals surface area contributed by atoms with Crippen LogP contribution in [-0.2, 0) is 13.1 Å². The molecule has 0 fully saturated rings. The van der Waals surface area contributed by atoms with Gasteiger partial charge < -0.3 is 10.1 Å². The normalized spacial score (nSPS) is 9.93. The largest absolute Gasteiger partial charge is 0.497 e. The quantitative estimate of drug-likeness (QED) is 0.619. The van der Waals surface area contributed by atoms with Crippen molar-refractivity contribution in [2.75, 3.05) is 7.11 Å². The number of nitrogens with one attached hydrogen (secondary N) is 1. The summed E-state index contributed by atoms with van der Waals surface area (Å²) < 4.78 is 7.48. The van der Waals surface area contributed by atoms with Gasteiger partial charge in [-0.2, -0.15) is 5.10 Å². The van der Waals surface area contributed by atoms with Crippen LogP contribution in [0.1, 0.15) is 35.5 Å². The van der Waals surface area contributed by atoms with Crippen LogP contribution in [0.2, 0.25) is 0 Å². The lowest BCUT2D eigenvalue weighted by atomic mass is 10.2. The third-order valence-corrected chi connectivity index (χ3v) is 4.16. The van der Waals surface area contributed by atoms with Crippen molar-refractivity contribution in [2.24, 2.45) is 0 Å². The zero-order valence-corrected chi connectivity index (χ0v) is 17.4. The number of benzene rings is 2. The molecule has 1 heterocycles. The predicted molar refractivity (Wildman–Crippen MR) is 111 cm³/mol. The van der Waals surface area contributed by atoms with Crippen LogP contribution in [0.4, 0.5) is 0 Å². The van der Waals surface area contributed by atoms with Crippen molar-refractivity contribution < 1.29 is 9.53 Å². The van der Waals surface area contributed by atoms with E-state index in [-0.39, 0.29) is 5.91 Å². The minimum Gasteiger partial charge on any atom is -0.497 e. The first kappa shape index (κ1) is 20.7. The van der Waals surface area contributed by atoms with Gasteiger partial charge >= 0.3 is 0 Å². The Morgan fingerprint density at radius 1 is 1.07 bits per heavy atom. The molecule has 0 radical (unpaired) electrons. The summed E-state index contributed by atoms with van der Waals surface area (Å²) in [5.74, 6) is 0.641. The van der Waals surface area contributed by atoms with Crippen molar-refractivity contribution in [2.45, 2.75) is 26.9 Å². The Labute approximate surface area is 168 Å². The maximum absolute atomic E-state index is 12.5. The highest BCUT2D eigenvalue weighted by atomic mass is 79.9. The molecule has 3 rings (SSSR count). The molecular weight excluding hydrogens is 406 g/mol. The van der Waals surface area contributed by atoms with Crippen molar-refractivity contribution in [3.8, 4) is 5.75 Å². The summed E-state index contributed by atoms with van der Waals surface area (Å²) in [6.07, 6.45) is 0. The maximum atomic E-state index is 12.5. The molecule has 27 heavy (non-hydrogen) atoms. The second kappa shape index (κ2) is 10.5. The Morgan fingerprint density at radius 3 is 2.37 bits per heavy atom. The van der Waals surface area contributed by atoms with E-state index < -0.39 is 0 Å². The van der Waals surface area contributed by atoms with Gasteiger partial charge in [0.25, 0.3) is 5.91 Å². The fourth-order valence-corrected chi connectivity index (χ4v) is 2.87. The molecule has 142 valence electrons. The lowest BCUT2D eigenvalue weighted by Gasteiger charge is -2.09. The number of hydrogen-bond donors (Lipinski definition) is 1. The van der Waals surface area contributed by atoms with E-state index in [9.17, 15) is 4.79 Å². The second-order valence-electron chi connectivity index (χ2n) is 5.53. The van der Waals surface area contributed by atoms with E-state index in [1.807, 2.05) is 68.4 Å². The minimum atomic E-state index is -0.157. The number of carbonyl (C=O) groups excluding carboxylic acids is 1. The molecular formula is C21H24BrN3O2. The molecule has 0 saturated carbocycles. The molecule has 0 atom stereocenters. The highest BCUT2D eigenvalue weighted by Gasteiger charge is 2.14. The maximum Gasteiger partial charge on any atom is 0.269 e. The van der Waals surface area contributed by atoms with Crippen molar-refractivity contribution >= 4 is 21.8 Å². The van der Waals surface area contributed by atoms with Gasteiger partial charge in [0, 0.05) is 12.6 Å². The minimum absolute atomic E-state index is 0.157. The number of amides is 1. The Bertz CT molecular complexity index is 846. The molecule has 0 aliphatic rings. The number of hydrogen-bond acceptors (Lipinski definition) is 3. The molecule has 5 nitrogen and oxygen atoms in total. The third kappa shape index (κ3) is 5.96. The highest BCUT2D eigenvalue weighted by molar-refractivity contribution is 9.10. The summed E-state index contributed by atoms with van der Waals surface area (Å²) in [7, 11) is 1.63. The van der Waals surface area contributed by atoms with E-state index in [0.29, 0.717) is 23.4 Å². The average Bonchev–Trinajstić information content (AvgIpc) is 3.09. The predicted octanol–water partition coefficient (Wildman–Crippen LogP) is 4.66. The standard InChI is InChI=1S/C19H18BrN3O2.C2H6/c1-25-16-9-7-15(8-10-16)13-23-17(11-18(20)22-23)19(24)21-12-14-5-3-2-4-6-14;1-2/h2-11H,12-13H2,1H3,(H,21,24);1-2H3. The summed E-state index contributed by atoms with van der Waals surface area (Å²) in [6, 6.07) is 19.2. The first-order valence-corrected chi connectivity index (χ1v) is 9.63. The molecule has 0 bridgehead atoms. The van der Waals surface area contributed by atoms with Crippen LogP contribution in [0.15, 0.2) is 65.3 Å². The molecule has 0 saturated heterocycles. The van der Waals surface area contributed by atoms with Crippen LogP contribution < -0.4 is 10.1 Å². The smallest absolute Gasteiger partial charge is 0.269 e. The van der Waals surface area contributed by atoms with Crippen molar-refractivity contribution in [1.82, 2.24) is 15.1 Å². The second-order valence-corrected chi connectivity index (χ2v) is 6.34. The molecule has 0 aliphatic carbocycles. The van der Waals surface area contributed by atoms with Gasteiger partial charge in [0.1, 0.15) is 16.0 Å².